The summed E-state index contributed by atoms with van der Waals surface area (Å²) in [6, 6.07) is 12.3. The Kier molecular flexibility index (Phi) is 5.09. The van der Waals surface area contributed by atoms with E-state index in [0.717, 1.165) is 45.5 Å². The van der Waals surface area contributed by atoms with Gasteiger partial charge in [-0.25, -0.2) is 4.98 Å². The van der Waals surface area contributed by atoms with Gasteiger partial charge in [0.15, 0.2) is 0 Å². The van der Waals surface area contributed by atoms with Crippen molar-refractivity contribution in [2.75, 3.05) is 25.5 Å². The maximum Gasteiger partial charge on any atom is 0.0725 e. The lowest BCUT2D eigenvalue weighted by molar-refractivity contribution is 0.398. The highest BCUT2D eigenvalue weighted by Crippen LogP contribution is 2.24. The van der Waals surface area contributed by atoms with Gasteiger partial charge in [-0.1, -0.05) is 31.4 Å². The molecule has 0 saturated heterocycles. The predicted molar refractivity (Wildman–Crippen MR) is 110 cm³/mol. The third kappa shape index (κ3) is 3.78. The zero-order valence-electron chi connectivity index (χ0n) is 15.2. The number of nitrogens with two attached hydrogens (primary N) is 2. The molecule has 0 aliphatic heterocycles. The van der Waals surface area contributed by atoms with Crippen molar-refractivity contribution in [3.63, 3.8) is 0 Å². The summed E-state index contributed by atoms with van der Waals surface area (Å²) < 4.78 is 1.53. The van der Waals surface area contributed by atoms with Crippen LogP contribution in [0.4, 0.5) is 0 Å². The quantitative estimate of drug-likeness (QED) is 0.644. The van der Waals surface area contributed by atoms with Gasteiger partial charge >= 0.3 is 0 Å². The van der Waals surface area contributed by atoms with E-state index < -0.39 is 0 Å². The summed E-state index contributed by atoms with van der Waals surface area (Å²) in [6.45, 7) is 12.3. The molecular weight excluding hydrogens is 322 g/mol. The van der Waals surface area contributed by atoms with E-state index in [9.17, 15) is 0 Å². The maximum absolute atomic E-state index is 5.74. The molecule has 2 heterocycles. The summed E-state index contributed by atoms with van der Waals surface area (Å²) in [5, 5.41) is 1.09. The zero-order chi connectivity index (χ0) is 18.7. The summed E-state index contributed by atoms with van der Waals surface area (Å²) in [4.78, 5) is 6.93. The molecule has 0 aliphatic carbocycles. The Morgan fingerprint density at radius 1 is 1.19 bits per heavy atom. The fourth-order valence-electron chi connectivity index (χ4n) is 2.94. The highest BCUT2D eigenvalue weighted by atomic mass is 15.3. The minimum absolute atomic E-state index is 0.587. The molecule has 0 aliphatic rings. The van der Waals surface area contributed by atoms with Crippen LogP contribution in [0.1, 0.15) is 12.5 Å². The van der Waals surface area contributed by atoms with Crippen LogP contribution in [0.3, 0.4) is 0 Å². The number of benzene rings is 1. The van der Waals surface area contributed by atoms with Gasteiger partial charge < -0.3 is 16.5 Å². The second-order valence-corrected chi connectivity index (χ2v) is 6.50. The Morgan fingerprint density at radius 3 is 2.62 bits per heavy atom. The van der Waals surface area contributed by atoms with E-state index in [1.54, 1.807) is 0 Å². The molecule has 0 saturated carbocycles. The van der Waals surface area contributed by atoms with Gasteiger partial charge in [-0.3, -0.25) is 4.68 Å². The number of fused-ring (bicyclic) bond motifs is 1. The number of hydrogen-bond donors (Lipinski definition) is 2. The molecule has 134 valence electrons. The Morgan fingerprint density at radius 2 is 1.96 bits per heavy atom. The van der Waals surface area contributed by atoms with E-state index in [2.05, 4.69) is 42.3 Å². The predicted octanol–water partition coefficient (Wildman–Crippen LogP) is 3.22. The molecule has 5 nitrogen and oxygen atoms in total. The molecule has 0 unspecified atom stereocenters. The molecular formula is C21H25N5. The molecule has 0 atom stereocenters. The fraction of sp³-hybridized carbons (Fsp3) is 0.190. The first-order valence-corrected chi connectivity index (χ1v) is 8.61. The monoisotopic (exact) mass is 347 g/mol. The lowest BCUT2D eigenvalue weighted by Crippen LogP contribution is -2.29. The lowest BCUT2D eigenvalue weighted by Gasteiger charge is -2.25. The van der Waals surface area contributed by atoms with Crippen molar-refractivity contribution in [2.45, 2.75) is 6.92 Å². The minimum Gasteiger partial charge on any atom is -0.370 e. The van der Waals surface area contributed by atoms with Crippen molar-refractivity contribution in [3.8, 4) is 11.3 Å². The van der Waals surface area contributed by atoms with Crippen molar-refractivity contribution in [1.82, 2.24) is 14.6 Å². The van der Waals surface area contributed by atoms with Crippen LogP contribution in [0.2, 0.25) is 0 Å². The third-order valence-corrected chi connectivity index (χ3v) is 4.43. The first-order chi connectivity index (χ1) is 12.5. The Bertz CT molecular complexity index is 954. The average Bonchev–Trinajstić information content (AvgIpc) is 3.06. The smallest absolute Gasteiger partial charge is 0.0725 e. The molecule has 4 N–H and O–H groups in total. The number of rotatable bonds is 7. The van der Waals surface area contributed by atoms with Crippen molar-refractivity contribution in [3.05, 3.63) is 73.2 Å². The number of nitrogens with zero attached hydrogens (tertiary/aromatic N) is 3. The molecule has 3 rings (SSSR count). The molecule has 0 radical (unpaired) electrons. The first kappa shape index (κ1) is 17.8. The van der Waals surface area contributed by atoms with Crippen LogP contribution >= 0.6 is 0 Å². The number of hydrogen-bond acceptors (Lipinski definition) is 4. The number of aromatic nitrogens is 2. The van der Waals surface area contributed by atoms with Crippen molar-refractivity contribution < 1.29 is 0 Å². The van der Waals surface area contributed by atoms with Gasteiger partial charge in [-0.15, -0.1) is 0 Å². The average molecular weight is 347 g/mol. The van der Waals surface area contributed by atoms with Crippen molar-refractivity contribution >= 4 is 16.5 Å². The highest BCUT2D eigenvalue weighted by Gasteiger charge is 2.09. The highest BCUT2D eigenvalue weighted by molar-refractivity contribution is 5.85. The summed E-state index contributed by atoms with van der Waals surface area (Å²) in [7, 11) is 0. The van der Waals surface area contributed by atoms with Crippen LogP contribution in [0.25, 0.3) is 27.7 Å². The van der Waals surface area contributed by atoms with Gasteiger partial charge in [0.1, 0.15) is 0 Å². The molecule has 0 fully saturated rings. The SMILES string of the molecule is C=C(CN(CCN)C(=C)C)c1ccc2ccc(-c3ccn(N)c3)nc2c1. The Hall–Kier alpha value is -3.05. The van der Waals surface area contributed by atoms with Gasteiger partial charge in [-0.2, -0.15) is 0 Å². The summed E-state index contributed by atoms with van der Waals surface area (Å²) in [5.41, 5.74) is 11.6. The lowest BCUT2D eigenvalue weighted by atomic mass is 10.0. The zero-order valence-corrected chi connectivity index (χ0v) is 15.2. The van der Waals surface area contributed by atoms with Gasteiger partial charge in [-0.05, 0) is 36.3 Å². The van der Waals surface area contributed by atoms with Crippen molar-refractivity contribution in [2.24, 2.45) is 5.73 Å². The second-order valence-electron chi connectivity index (χ2n) is 6.50. The topological polar surface area (TPSA) is 73.1 Å². The largest absolute Gasteiger partial charge is 0.370 e. The minimum atomic E-state index is 0.587. The number of allylic oxidation sites excluding steroid dienone is 1. The second kappa shape index (κ2) is 7.45. The van der Waals surface area contributed by atoms with Gasteiger partial charge in [0.25, 0.3) is 0 Å². The van der Waals surface area contributed by atoms with E-state index in [4.69, 9.17) is 16.6 Å². The van der Waals surface area contributed by atoms with E-state index in [1.165, 1.54) is 4.68 Å². The van der Waals surface area contributed by atoms with Crippen LogP contribution in [-0.4, -0.2) is 34.2 Å². The molecule has 2 aromatic heterocycles. The summed E-state index contributed by atoms with van der Waals surface area (Å²) in [6.07, 6.45) is 3.66. The van der Waals surface area contributed by atoms with E-state index in [-0.39, 0.29) is 0 Å². The molecule has 0 spiro atoms. The van der Waals surface area contributed by atoms with E-state index in [0.29, 0.717) is 13.1 Å². The van der Waals surface area contributed by atoms with E-state index in [1.807, 2.05) is 31.5 Å². The van der Waals surface area contributed by atoms with Gasteiger partial charge in [0.05, 0.1) is 11.2 Å². The van der Waals surface area contributed by atoms with Crippen molar-refractivity contribution in [1.29, 1.82) is 0 Å². The molecule has 5 heteroatoms. The first-order valence-electron chi connectivity index (χ1n) is 8.61. The van der Waals surface area contributed by atoms with E-state index >= 15 is 0 Å². The maximum atomic E-state index is 5.74. The van der Waals surface area contributed by atoms with Crippen LogP contribution in [-0.2, 0) is 0 Å². The molecule has 0 bridgehead atoms. The number of pyridine rings is 1. The fourth-order valence-corrected chi connectivity index (χ4v) is 2.94. The standard InChI is InChI=1S/C21H25N5/c1-15(2)25(11-9-22)13-16(3)18-5-4-17-6-7-20(24-21(17)12-18)19-8-10-26(23)14-19/h4-8,10,12,14H,1,3,9,11,13,22-23H2,2H3. The van der Waals surface area contributed by atoms with Gasteiger partial charge in [0.2, 0.25) is 0 Å². The van der Waals surface area contributed by atoms with Crippen LogP contribution in [0.5, 0.6) is 0 Å². The van der Waals surface area contributed by atoms with Gasteiger partial charge in [0, 0.05) is 48.7 Å². The Labute approximate surface area is 154 Å². The van der Waals surface area contributed by atoms with Crippen LogP contribution in [0.15, 0.2) is 67.6 Å². The number of nitrogen functional groups attached to an aromatic ring is 1. The van der Waals surface area contributed by atoms with Crippen LogP contribution in [0, 0.1) is 0 Å². The van der Waals surface area contributed by atoms with Crippen LogP contribution < -0.4 is 11.6 Å². The molecule has 26 heavy (non-hydrogen) atoms. The molecule has 1 aromatic carbocycles. The third-order valence-electron chi connectivity index (χ3n) is 4.43. The summed E-state index contributed by atoms with van der Waals surface area (Å²) >= 11 is 0. The normalized spacial score (nSPS) is 10.8. The Balaban J connectivity index is 1.89. The summed E-state index contributed by atoms with van der Waals surface area (Å²) in [5.74, 6) is 5.74. The molecule has 0 amide bonds. The molecule has 3 aromatic rings.